The van der Waals surface area contributed by atoms with Crippen LogP contribution in [0.4, 0.5) is 0 Å². The lowest BCUT2D eigenvalue weighted by molar-refractivity contribution is 0.0504. The number of aromatic amines is 1. The van der Waals surface area contributed by atoms with Gasteiger partial charge in [0.05, 0.1) is 0 Å². The van der Waals surface area contributed by atoms with Gasteiger partial charge in [0.2, 0.25) is 0 Å². The van der Waals surface area contributed by atoms with E-state index in [0.717, 1.165) is 32.7 Å². The maximum Gasteiger partial charge on any atom is 0.0479 e. The van der Waals surface area contributed by atoms with Crippen LogP contribution >= 0.6 is 0 Å². The second kappa shape index (κ2) is 9.78. The summed E-state index contributed by atoms with van der Waals surface area (Å²) in [6.45, 7) is 10.0. The summed E-state index contributed by atoms with van der Waals surface area (Å²) in [7, 11) is 6.73. The van der Waals surface area contributed by atoms with Crippen molar-refractivity contribution in [2.45, 2.75) is 44.7 Å². The fourth-order valence-electron chi connectivity index (χ4n) is 5.26. The van der Waals surface area contributed by atoms with Crippen molar-refractivity contribution in [3.63, 3.8) is 0 Å². The van der Waals surface area contributed by atoms with Crippen LogP contribution in [-0.4, -0.2) is 67.0 Å². The smallest absolute Gasteiger partial charge is 0.0479 e. The largest absolute Gasteiger partial charge is 0.361 e. The Kier molecular flexibility index (Phi) is 7.04. The first-order valence-electron chi connectivity index (χ1n) is 12.1. The number of nitrogens with one attached hydrogen (secondary N) is 1. The van der Waals surface area contributed by atoms with E-state index in [1.165, 1.54) is 40.4 Å². The minimum absolute atomic E-state index is 0.169. The highest BCUT2D eigenvalue weighted by Crippen LogP contribution is 2.37. The highest BCUT2D eigenvalue weighted by molar-refractivity contribution is 5.83. The predicted octanol–water partition coefficient (Wildman–Crippen LogP) is 5.28. The molecule has 4 heteroatoms. The van der Waals surface area contributed by atoms with E-state index in [1.807, 2.05) is 0 Å². The number of rotatable bonds is 8. The van der Waals surface area contributed by atoms with E-state index in [1.54, 1.807) is 0 Å². The summed E-state index contributed by atoms with van der Waals surface area (Å²) in [5.74, 6) is 0.562. The fourth-order valence-corrected chi connectivity index (χ4v) is 5.26. The molecule has 2 heterocycles. The van der Waals surface area contributed by atoms with Gasteiger partial charge in [-0.3, -0.25) is 4.90 Å². The summed E-state index contributed by atoms with van der Waals surface area (Å²) in [6.07, 6.45) is 4.57. The van der Waals surface area contributed by atoms with Crippen molar-refractivity contribution in [2.24, 2.45) is 0 Å². The normalized spacial score (nSPS) is 17.1. The zero-order valence-electron chi connectivity index (χ0n) is 20.6. The lowest BCUT2D eigenvalue weighted by Crippen LogP contribution is -2.51. The van der Waals surface area contributed by atoms with Gasteiger partial charge in [-0.1, -0.05) is 56.3 Å². The average Bonchev–Trinajstić information content (AvgIpc) is 3.20. The van der Waals surface area contributed by atoms with Gasteiger partial charge in [0.15, 0.2) is 0 Å². The zero-order valence-corrected chi connectivity index (χ0v) is 20.6. The summed E-state index contributed by atoms with van der Waals surface area (Å²) in [6, 6.07) is 18.0. The maximum atomic E-state index is 3.49. The number of aromatic nitrogens is 1. The third-order valence-corrected chi connectivity index (χ3v) is 7.55. The van der Waals surface area contributed by atoms with Gasteiger partial charge in [0.1, 0.15) is 0 Å². The molecule has 0 saturated carbocycles. The van der Waals surface area contributed by atoms with Gasteiger partial charge in [0.25, 0.3) is 0 Å². The van der Waals surface area contributed by atoms with Crippen LogP contribution < -0.4 is 0 Å². The van der Waals surface area contributed by atoms with Crippen molar-refractivity contribution >= 4 is 10.9 Å². The molecule has 4 rings (SSSR count). The molecular weight excluding hydrogens is 392 g/mol. The molecule has 1 N–H and O–H groups in total. The molecule has 0 amide bonds. The van der Waals surface area contributed by atoms with E-state index in [2.05, 4.69) is 109 Å². The molecule has 32 heavy (non-hydrogen) atoms. The average molecular weight is 433 g/mol. The topological polar surface area (TPSA) is 25.5 Å². The number of fused-ring (bicyclic) bond motifs is 1. The Bertz CT molecular complexity index is 997. The van der Waals surface area contributed by atoms with Crippen LogP contribution in [0, 0.1) is 0 Å². The molecule has 0 bridgehead atoms. The Hall–Kier alpha value is -2.14. The van der Waals surface area contributed by atoms with E-state index >= 15 is 0 Å². The van der Waals surface area contributed by atoms with Crippen LogP contribution in [0.3, 0.4) is 0 Å². The van der Waals surface area contributed by atoms with E-state index in [-0.39, 0.29) is 5.54 Å². The number of nitrogens with zero attached hydrogens (tertiary/aromatic N) is 3. The molecule has 4 nitrogen and oxygen atoms in total. The van der Waals surface area contributed by atoms with Crippen LogP contribution in [0.5, 0.6) is 0 Å². The van der Waals surface area contributed by atoms with Crippen LogP contribution in [-0.2, 0) is 12.1 Å². The van der Waals surface area contributed by atoms with Gasteiger partial charge in [-0.25, -0.2) is 0 Å². The van der Waals surface area contributed by atoms with Crippen molar-refractivity contribution < 1.29 is 0 Å². The van der Waals surface area contributed by atoms with Crippen molar-refractivity contribution in [1.29, 1.82) is 0 Å². The highest BCUT2D eigenvalue weighted by atomic mass is 15.2. The summed E-state index contributed by atoms with van der Waals surface area (Å²) in [4.78, 5) is 11.0. The van der Waals surface area contributed by atoms with Gasteiger partial charge in [-0.15, -0.1) is 0 Å². The van der Waals surface area contributed by atoms with E-state index in [9.17, 15) is 0 Å². The summed E-state index contributed by atoms with van der Waals surface area (Å²) in [5.41, 5.74) is 5.68. The summed E-state index contributed by atoms with van der Waals surface area (Å²) >= 11 is 0. The first kappa shape index (κ1) is 23.0. The van der Waals surface area contributed by atoms with Crippen molar-refractivity contribution in [3.8, 4) is 0 Å². The third kappa shape index (κ3) is 4.78. The van der Waals surface area contributed by atoms with Crippen LogP contribution in [0.2, 0.25) is 0 Å². The van der Waals surface area contributed by atoms with Crippen molar-refractivity contribution in [3.05, 3.63) is 71.4 Å². The first-order valence-corrected chi connectivity index (χ1v) is 12.1. The molecular formula is C28H40N4. The number of hydrogen-bond donors (Lipinski definition) is 1. The van der Waals surface area contributed by atoms with Gasteiger partial charge < -0.3 is 14.8 Å². The molecule has 1 aliphatic heterocycles. The van der Waals surface area contributed by atoms with Crippen LogP contribution in [0.15, 0.2) is 54.7 Å². The Morgan fingerprint density at radius 2 is 1.72 bits per heavy atom. The fraction of sp³-hybridized carbons (Fsp3) is 0.500. The maximum absolute atomic E-state index is 3.49. The molecule has 0 spiro atoms. The Morgan fingerprint density at radius 1 is 1.00 bits per heavy atom. The minimum atomic E-state index is 0.169. The van der Waals surface area contributed by atoms with Crippen molar-refractivity contribution in [2.75, 3.05) is 47.3 Å². The van der Waals surface area contributed by atoms with Crippen molar-refractivity contribution in [1.82, 2.24) is 19.7 Å². The monoisotopic (exact) mass is 432 g/mol. The van der Waals surface area contributed by atoms with Gasteiger partial charge in [-0.05, 0) is 62.7 Å². The molecule has 1 fully saturated rings. The highest BCUT2D eigenvalue weighted by Gasteiger charge is 2.37. The van der Waals surface area contributed by atoms with E-state index in [4.69, 9.17) is 0 Å². The Balaban J connectivity index is 1.32. The molecule has 1 aliphatic rings. The number of hydrogen-bond acceptors (Lipinski definition) is 3. The Labute approximate surface area is 194 Å². The lowest BCUT2D eigenvalue weighted by atomic mass is 9.80. The van der Waals surface area contributed by atoms with Crippen LogP contribution in [0.25, 0.3) is 10.9 Å². The molecule has 0 atom stereocenters. The molecule has 1 saturated heterocycles. The molecule has 2 aromatic carbocycles. The molecule has 1 aromatic heterocycles. The lowest BCUT2D eigenvalue weighted by Gasteiger charge is -2.47. The minimum Gasteiger partial charge on any atom is -0.361 e. The van der Waals surface area contributed by atoms with E-state index in [0.29, 0.717) is 5.92 Å². The number of likely N-dealkylation sites (tertiary alicyclic amines) is 1. The van der Waals surface area contributed by atoms with Gasteiger partial charge in [-0.2, -0.15) is 0 Å². The zero-order chi connectivity index (χ0) is 22.7. The molecule has 0 radical (unpaired) electrons. The standard InChI is InChI=1S/C28H40N4/c1-22(2)23-11-12-26-24(20-29-27(26)19-23)21-31(5)17-18-32-15-13-28(14-16-32,30(3)4)25-9-7-6-8-10-25/h6-12,19-20,22,29H,13-18,21H2,1-5H3. The Morgan fingerprint density at radius 3 is 2.38 bits per heavy atom. The van der Waals surface area contributed by atoms with Crippen LogP contribution in [0.1, 0.15) is 49.3 Å². The molecule has 0 unspecified atom stereocenters. The van der Waals surface area contributed by atoms with E-state index < -0.39 is 0 Å². The summed E-state index contributed by atoms with van der Waals surface area (Å²) in [5, 5.41) is 1.36. The third-order valence-electron chi connectivity index (χ3n) is 7.55. The molecule has 0 aliphatic carbocycles. The second-order valence-corrected chi connectivity index (χ2v) is 10.1. The number of piperidine rings is 1. The first-order chi connectivity index (χ1) is 15.4. The number of likely N-dealkylation sites (N-methyl/N-ethyl adjacent to an activating group) is 1. The quantitative estimate of drug-likeness (QED) is 0.525. The molecule has 3 aromatic rings. The van der Waals surface area contributed by atoms with Gasteiger partial charge >= 0.3 is 0 Å². The predicted molar refractivity (Wildman–Crippen MR) is 136 cm³/mol. The molecule has 172 valence electrons. The second-order valence-electron chi connectivity index (χ2n) is 10.1. The SMILES string of the molecule is CC(C)c1ccc2c(CN(C)CCN3CCC(c4ccccc4)(N(C)C)CC3)c[nH]c2c1. The summed E-state index contributed by atoms with van der Waals surface area (Å²) < 4.78 is 0. The van der Waals surface area contributed by atoms with Gasteiger partial charge in [0, 0.05) is 55.4 Å². The number of H-pyrrole nitrogens is 1. The number of benzene rings is 2.